The van der Waals surface area contributed by atoms with E-state index in [9.17, 15) is 0 Å². The third-order valence-corrected chi connectivity index (χ3v) is 5.84. The van der Waals surface area contributed by atoms with Crippen LogP contribution in [0.4, 0.5) is 0 Å². The number of methoxy groups -OCH3 is 4. The molecule has 0 unspecified atom stereocenters. The van der Waals surface area contributed by atoms with E-state index in [0.717, 1.165) is 55.3 Å². The largest absolute Gasteiger partial charge is 0.497 e. The maximum absolute atomic E-state index is 5.61. The molecule has 0 N–H and O–H groups in total. The quantitative estimate of drug-likeness (QED) is 0.331. The molecule has 30 heavy (non-hydrogen) atoms. The highest BCUT2D eigenvalue weighted by Crippen LogP contribution is 2.41. The fourth-order valence-electron chi connectivity index (χ4n) is 4.36. The molecule has 0 amide bonds. The molecule has 0 fully saturated rings. The van der Waals surface area contributed by atoms with Gasteiger partial charge in [0, 0.05) is 22.9 Å². The molecule has 0 saturated heterocycles. The maximum atomic E-state index is 5.61. The normalized spacial score (nSPS) is 11.3. The Balaban J connectivity index is 1.92. The van der Waals surface area contributed by atoms with Gasteiger partial charge in [-0.15, -0.1) is 0 Å². The first-order valence-electron chi connectivity index (χ1n) is 9.74. The first-order valence-corrected chi connectivity index (χ1v) is 9.74. The van der Waals surface area contributed by atoms with E-state index >= 15 is 0 Å². The number of rotatable bonds is 4. The lowest BCUT2D eigenvalue weighted by atomic mass is 9.93. The summed E-state index contributed by atoms with van der Waals surface area (Å²) in [5.41, 5.74) is 0. The van der Waals surface area contributed by atoms with E-state index in [0.29, 0.717) is 0 Å². The highest BCUT2D eigenvalue weighted by molar-refractivity contribution is 6.23. The van der Waals surface area contributed by atoms with E-state index in [1.165, 1.54) is 10.8 Å². The van der Waals surface area contributed by atoms with Crippen molar-refractivity contribution in [3.63, 3.8) is 0 Å². The van der Waals surface area contributed by atoms with Gasteiger partial charge in [-0.3, -0.25) is 0 Å². The second-order valence-electron chi connectivity index (χ2n) is 7.24. The van der Waals surface area contributed by atoms with Gasteiger partial charge in [0.05, 0.1) is 28.4 Å². The maximum Gasteiger partial charge on any atom is 0.130 e. The van der Waals surface area contributed by atoms with Crippen molar-refractivity contribution in [1.29, 1.82) is 0 Å². The smallest absolute Gasteiger partial charge is 0.130 e. The molecule has 4 nitrogen and oxygen atoms in total. The number of hydrogen-bond donors (Lipinski definition) is 0. The SMILES string of the molecule is COc1cc(OC)c2ccc3c(ccc4c5cc(OC)cc(OC)c5ccc43)c2c1. The van der Waals surface area contributed by atoms with Crippen molar-refractivity contribution >= 4 is 43.1 Å². The van der Waals surface area contributed by atoms with Crippen LogP contribution in [-0.2, 0) is 0 Å². The van der Waals surface area contributed by atoms with Gasteiger partial charge in [-0.05, 0) is 56.6 Å². The van der Waals surface area contributed by atoms with Crippen LogP contribution in [0, 0.1) is 0 Å². The molecule has 5 aromatic rings. The van der Waals surface area contributed by atoms with Crippen LogP contribution in [0.15, 0.2) is 60.7 Å². The first kappa shape index (κ1) is 18.4. The lowest BCUT2D eigenvalue weighted by Gasteiger charge is -2.14. The minimum atomic E-state index is 0.778. The number of ether oxygens (including phenoxy) is 4. The Morgan fingerprint density at radius 3 is 1.03 bits per heavy atom. The Hall–Kier alpha value is -3.66. The van der Waals surface area contributed by atoms with Gasteiger partial charge in [-0.2, -0.15) is 0 Å². The molecule has 5 rings (SSSR count). The second kappa shape index (κ2) is 6.99. The third kappa shape index (κ3) is 2.61. The molecule has 5 aromatic carbocycles. The molecule has 4 heteroatoms. The number of benzene rings is 5. The average Bonchev–Trinajstić information content (AvgIpc) is 2.81. The highest BCUT2D eigenvalue weighted by Gasteiger charge is 2.13. The summed E-state index contributed by atoms with van der Waals surface area (Å²) in [6, 6.07) is 20.9. The van der Waals surface area contributed by atoms with Crippen molar-refractivity contribution in [2.24, 2.45) is 0 Å². The molecule has 0 aromatic heterocycles. The molecule has 0 heterocycles. The average molecular weight is 398 g/mol. The minimum absolute atomic E-state index is 0.778. The molecule has 0 atom stereocenters. The van der Waals surface area contributed by atoms with Gasteiger partial charge in [0.1, 0.15) is 23.0 Å². The predicted octanol–water partition coefficient (Wildman–Crippen LogP) is 6.33. The summed E-state index contributed by atoms with van der Waals surface area (Å²) in [7, 11) is 6.72. The van der Waals surface area contributed by atoms with Crippen molar-refractivity contribution in [2.75, 3.05) is 28.4 Å². The van der Waals surface area contributed by atoms with Crippen LogP contribution < -0.4 is 18.9 Å². The van der Waals surface area contributed by atoms with Crippen molar-refractivity contribution in [1.82, 2.24) is 0 Å². The zero-order valence-electron chi connectivity index (χ0n) is 17.4. The fourth-order valence-corrected chi connectivity index (χ4v) is 4.36. The second-order valence-corrected chi connectivity index (χ2v) is 7.24. The summed E-state index contributed by atoms with van der Waals surface area (Å²) in [6.07, 6.45) is 0. The molecule has 0 saturated carbocycles. The van der Waals surface area contributed by atoms with Gasteiger partial charge in [-0.1, -0.05) is 24.3 Å². The summed E-state index contributed by atoms with van der Waals surface area (Å²) in [5, 5.41) is 9.02. The van der Waals surface area contributed by atoms with Gasteiger partial charge in [0.2, 0.25) is 0 Å². The zero-order valence-corrected chi connectivity index (χ0v) is 17.4. The van der Waals surface area contributed by atoms with E-state index in [2.05, 4.69) is 48.5 Å². The first-order chi connectivity index (χ1) is 14.7. The standard InChI is InChI=1S/C26H22O4/c1-27-15-11-23-19-5-6-20-18(17(19)7-9-21(23)25(13-15)29-3)8-10-22-24(20)12-16(28-2)14-26(22)30-4/h5-14H,1-4H3. The van der Waals surface area contributed by atoms with Crippen molar-refractivity contribution in [2.45, 2.75) is 0 Å². The van der Waals surface area contributed by atoms with Crippen LogP contribution in [0.25, 0.3) is 43.1 Å². The molecule has 0 spiro atoms. The Labute approximate surface area is 174 Å². The predicted molar refractivity (Wildman–Crippen MR) is 123 cm³/mol. The molecule has 150 valence electrons. The van der Waals surface area contributed by atoms with E-state index < -0.39 is 0 Å². The highest BCUT2D eigenvalue weighted by atomic mass is 16.5. The summed E-state index contributed by atoms with van der Waals surface area (Å²) in [6.45, 7) is 0. The fraction of sp³-hybridized carbons (Fsp3) is 0.154. The topological polar surface area (TPSA) is 36.9 Å². The number of hydrogen-bond acceptors (Lipinski definition) is 4. The Bertz CT molecular complexity index is 1330. The Kier molecular flexibility index (Phi) is 4.28. The Morgan fingerprint density at radius 1 is 0.367 bits per heavy atom. The summed E-state index contributed by atoms with van der Waals surface area (Å²) in [4.78, 5) is 0. The molecule has 0 bridgehead atoms. The van der Waals surface area contributed by atoms with Gasteiger partial charge in [0.25, 0.3) is 0 Å². The monoisotopic (exact) mass is 398 g/mol. The molecule has 0 aliphatic carbocycles. The Morgan fingerprint density at radius 2 is 0.700 bits per heavy atom. The van der Waals surface area contributed by atoms with E-state index in [1.807, 2.05) is 12.1 Å². The van der Waals surface area contributed by atoms with Crippen LogP contribution in [0.2, 0.25) is 0 Å². The van der Waals surface area contributed by atoms with Gasteiger partial charge < -0.3 is 18.9 Å². The third-order valence-electron chi connectivity index (χ3n) is 5.84. The molecule has 0 aliphatic rings. The lowest BCUT2D eigenvalue weighted by molar-refractivity contribution is 0.398. The molecule has 0 aliphatic heterocycles. The zero-order chi connectivity index (χ0) is 20.8. The van der Waals surface area contributed by atoms with Gasteiger partial charge in [0.15, 0.2) is 0 Å². The summed E-state index contributed by atoms with van der Waals surface area (Å²) in [5.74, 6) is 3.17. The molecular weight excluding hydrogens is 376 g/mol. The summed E-state index contributed by atoms with van der Waals surface area (Å²) >= 11 is 0. The van der Waals surface area contributed by atoms with Crippen molar-refractivity contribution < 1.29 is 18.9 Å². The van der Waals surface area contributed by atoms with Gasteiger partial charge >= 0.3 is 0 Å². The van der Waals surface area contributed by atoms with E-state index in [4.69, 9.17) is 18.9 Å². The van der Waals surface area contributed by atoms with E-state index in [-0.39, 0.29) is 0 Å². The van der Waals surface area contributed by atoms with E-state index in [1.54, 1.807) is 28.4 Å². The van der Waals surface area contributed by atoms with Crippen molar-refractivity contribution in [3.8, 4) is 23.0 Å². The van der Waals surface area contributed by atoms with Crippen LogP contribution in [-0.4, -0.2) is 28.4 Å². The van der Waals surface area contributed by atoms with Crippen molar-refractivity contribution in [3.05, 3.63) is 60.7 Å². The summed E-state index contributed by atoms with van der Waals surface area (Å²) < 4.78 is 22.2. The van der Waals surface area contributed by atoms with Crippen LogP contribution in [0.1, 0.15) is 0 Å². The molecular formula is C26H22O4. The van der Waals surface area contributed by atoms with Gasteiger partial charge in [-0.25, -0.2) is 0 Å². The number of fused-ring (bicyclic) bond motifs is 7. The van der Waals surface area contributed by atoms with Crippen LogP contribution >= 0.6 is 0 Å². The van der Waals surface area contributed by atoms with Crippen LogP contribution in [0.3, 0.4) is 0 Å². The minimum Gasteiger partial charge on any atom is -0.497 e. The lowest BCUT2D eigenvalue weighted by Crippen LogP contribution is -1.91. The van der Waals surface area contributed by atoms with Crippen LogP contribution in [0.5, 0.6) is 23.0 Å². The molecule has 0 radical (unpaired) electrons.